The van der Waals surface area contributed by atoms with Gasteiger partial charge < -0.3 is 15.8 Å². The van der Waals surface area contributed by atoms with Gasteiger partial charge in [-0.25, -0.2) is 9.59 Å². The minimum absolute atomic E-state index is 0.0679. The van der Waals surface area contributed by atoms with E-state index in [1.807, 2.05) is 37.3 Å². The number of unbranched alkanes of at least 4 members (excludes halogenated alkanes) is 1. The van der Waals surface area contributed by atoms with Gasteiger partial charge in [0.25, 0.3) is 0 Å². The number of amides is 2. The summed E-state index contributed by atoms with van der Waals surface area (Å²) in [6, 6.07) is 8.52. The molecule has 3 N–H and O–H groups in total. The van der Waals surface area contributed by atoms with E-state index in [0.717, 1.165) is 24.8 Å². The Bertz CT molecular complexity index is 674. The monoisotopic (exact) mass is 373 g/mol. The standard InChI is InChI=1S/C20H28N4O3/c1-16-8-7-13-24(16,15-22)19(25)18(11-5-6-12-21)23-20(26)27-14-17-9-3-2-4-10-17/h2-4,9-10,16,18H,5-8,11-14,21H2,1H3/p+1/t16-,18+,24?/m1/s1. The van der Waals surface area contributed by atoms with E-state index in [1.165, 1.54) is 0 Å². The van der Waals surface area contributed by atoms with Crippen LogP contribution in [0.3, 0.4) is 0 Å². The summed E-state index contributed by atoms with van der Waals surface area (Å²) < 4.78 is 5.01. The molecular formula is C20H29N4O3+. The van der Waals surface area contributed by atoms with Crippen molar-refractivity contribution in [3.63, 3.8) is 0 Å². The Morgan fingerprint density at radius 1 is 1.37 bits per heavy atom. The van der Waals surface area contributed by atoms with Crippen LogP contribution in [-0.4, -0.2) is 41.7 Å². The van der Waals surface area contributed by atoms with Gasteiger partial charge in [-0.05, 0) is 38.3 Å². The van der Waals surface area contributed by atoms with Gasteiger partial charge in [0.15, 0.2) is 0 Å². The summed E-state index contributed by atoms with van der Waals surface area (Å²) in [7, 11) is 0. The third-order valence-corrected chi connectivity index (χ3v) is 5.21. The normalized spacial score (nSPS) is 22.6. The van der Waals surface area contributed by atoms with Crippen LogP contribution in [0.4, 0.5) is 4.79 Å². The van der Waals surface area contributed by atoms with Crippen LogP contribution in [-0.2, 0) is 16.1 Å². The molecule has 27 heavy (non-hydrogen) atoms. The van der Waals surface area contributed by atoms with E-state index in [-0.39, 0.29) is 23.0 Å². The largest absolute Gasteiger partial charge is 0.445 e. The zero-order valence-electron chi connectivity index (χ0n) is 15.9. The van der Waals surface area contributed by atoms with Crippen LogP contribution in [0, 0.1) is 11.5 Å². The first kappa shape index (κ1) is 20.9. The minimum Gasteiger partial charge on any atom is -0.445 e. The second kappa shape index (κ2) is 10.0. The first-order chi connectivity index (χ1) is 13.0. The van der Waals surface area contributed by atoms with E-state index in [2.05, 4.69) is 11.5 Å². The van der Waals surface area contributed by atoms with Gasteiger partial charge in [0.2, 0.25) is 0 Å². The Labute approximate surface area is 160 Å². The van der Waals surface area contributed by atoms with E-state index in [0.29, 0.717) is 25.9 Å². The third kappa shape index (κ3) is 5.28. The van der Waals surface area contributed by atoms with E-state index in [4.69, 9.17) is 10.5 Å². The molecule has 0 spiro atoms. The highest BCUT2D eigenvalue weighted by atomic mass is 16.5. The van der Waals surface area contributed by atoms with Gasteiger partial charge in [-0.3, -0.25) is 0 Å². The second-order valence-electron chi connectivity index (χ2n) is 7.07. The number of nitrogens with two attached hydrogens (primary N) is 1. The van der Waals surface area contributed by atoms with Crippen molar-refractivity contribution in [2.45, 2.75) is 57.7 Å². The molecule has 2 rings (SSSR count). The number of hydrogen-bond acceptors (Lipinski definition) is 5. The molecule has 0 aliphatic carbocycles. The number of benzene rings is 1. The molecule has 1 unspecified atom stereocenters. The number of alkyl carbamates (subject to hydrolysis) is 1. The molecule has 0 radical (unpaired) electrons. The number of nitriles is 1. The number of likely N-dealkylation sites (tertiary alicyclic amines) is 1. The maximum Gasteiger partial charge on any atom is 0.408 e. The van der Waals surface area contributed by atoms with Gasteiger partial charge in [-0.2, -0.15) is 4.48 Å². The van der Waals surface area contributed by atoms with Crippen molar-refractivity contribution in [3.05, 3.63) is 35.9 Å². The molecule has 1 fully saturated rings. The predicted molar refractivity (Wildman–Crippen MR) is 101 cm³/mol. The number of quaternary nitrogens is 1. The van der Waals surface area contributed by atoms with Crippen molar-refractivity contribution in [2.75, 3.05) is 13.1 Å². The predicted octanol–water partition coefficient (Wildman–Crippen LogP) is 2.42. The number of nitrogens with zero attached hydrogens (tertiary/aromatic N) is 2. The topological polar surface area (TPSA) is 105 Å². The second-order valence-corrected chi connectivity index (χ2v) is 7.07. The van der Waals surface area contributed by atoms with Gasteiger partial charge in [0.1, 0.15) is 25.2 Å². The molecule has 1 aromatic rings. The number of rotatable bonds is 8. The summed E-state index contributed by atoms with van der Waals surface area (Å²) >= 11 is 0. The lowest BCUT2D eigenvalue weighted by atomic mass is 10.1. The lowest BCUT2D eigenvalue weighted by Crippen LogP contribution is -2.59. The number of carbonyl (C=O) groups excluding carboxylic acids is 2. The maximum absolute atomic E-state index is 13.2. The average molecular weight is 373 g/mol. The highest BCUT2D eigenvalue weighted by Gasteiger charge is 2.50. The zero-order chi connectivity index (χ0) is 19.7. The summed E-state index contributed by atoms with van der Waals surface area (Å²) in [5.41, 5.74) is 6.42. The molecule has 1 aliphatic heterocycles. The number of hydrogen-bond donors (Lipinski definition) is 2. The summed E-state index contributed by atoms with van der Waals surface area (Å²) in [5, 5.41) is 12.4. The summed E-state index contributed by atoms with van der Waals surface area (Å²) in [5.74, 6) is -0.254. The molecule has 1 aromatic carbocycles. The van der Waals surface area contributed by atoms with Crippen molar-refractivity contribution < 1.29 is 18.8 Å². The number of nitrogens with one attached hydrogen (secondary N) is 1. The van der Waals surface area contributed by atoms with Crippen molar-refractivity contribution in [3.8, 4) is 6.19 Å². The van der Waals surface area contributed by atoms with Gasteiger partial charge >= 0.3 is 18.2 Å². The van der Waals surface area contributed by atoms with Crippen molar-refractivity contribution in [1.82, 2.24) is 5.32 Å². The van der Waals surface area contributed by atoms with Gasteiger partial charge in [-0.15, -0.1) is 5.26 Å². The fraction of sp³-hybridized carbons (Fsp3) is 0.550. The molecular weight excluding hydrogens is 344 g/mol. The third-order valence-electron chi connectivity index (χ3n) is 5.21. The lowest BCUT2D eigenvalue weighted by molar-refractivity contribution is -0.800. The number of carbonyl (C=O) groups is 2. The molecule has 7 nitrogen and oxygen atoms in total. The van der Waals surface area contributed by atoms with Gasteiger partial charge in [0, 0.05) is 12.8 Å². The smallest absolute Gasteiger partial charge is 0.408 e. The first-order valence-corrected chi connectivity index (χ1v) is 9.54. The average Bonchev–Trinajstić information content (AvgIpc) is 3.07. The fourth-order valence-electron chi connectivity index (χ4n) is 3.54. The molecule has 7 heteroatoms. The summed E-state index contributed by atoms with van der Waals surface area (Å²) in [6.45, 7) is 3.06. The Hall–Kier alpha value is -2.43. The van der Waals surface area contributed by atoms with Crippen LogP contribution in [0.2, 0.25) is 0 Å². The molecule has 1 aliphatic rings. The summed E-state index contributed by atoms with van der Waals surface area (Å²) in [6.07, 6.45) is 5.12. The van der Waals surface area contributed by atoms with E-state index >= 15 is 0 Å². The Morgan fingerprint density at radius 2 is 2.11 bits per heavy atom. The maximum atomic E-state index is 13.2. The van der Waals surface area contributed by atoms with Crippen LogP contribution in [0.1, 0.15) is 44.6 Å². The molecule has 0 aromatic heterocycles. The molecule has 1 saturated heterocycles. The van der Waals surface area contributed by atoms with Crippen molar-refractivity contribution in [2.24, 2.45) is 5.73 Å². The van der Waals surface area contributed by atoms with E-state index in [1.54, 1.807) is 0 Å². The molecule has 146 valence electrons. The Kier molecular flexibility index (Phi) is 7.77. The SMILES string of the molecule is C[C@@H]1CCC[N+]1(C#N)C(=O)[C@H](CCCCN)NC(=O)OCc1ccccc1. The van der Waals surface area contributed by atoms with Crippen LogP contribution < -0.4 is 11.1 Å². The van der Waals surface area contributed by atoms with Crippen LogP contribution in [0.5, 0.6) is 0 Å². The molecule has 1 heterocycles. The lowest BCUT2D eigenvalue weighted by Gasteiger charge is -2.30. The van der Waals surface area contributed by atoms with Crippen LogP contribution in [0.15, 0.2) is 30.3 Å². The van der Waals surface area contributed by atoms with Gasteiger partial charge in [0.05, 0.1) is 0 Å². The Morgan fingerprint density at radius 3 is 2.70 bits per heavy atom. The first-order valence-electron chi connectivity index (χ1n) is 9.54. The highest BCUT2D eigenvalue weighted by Crippen LogP contribution is 2.28. The highest BCUT2D eigenvalue weighted by molar-refractivity contribution is 5.81. The van der Waals surface area contributed by atoms with E-state index in [9.17, 15) is 14.9 Å². The van der Waals surface area contributed by atoms with Crippen LogP contribution >= 0.6 is 0 Å². The molecule has 0 bridgehead atoms. The minimum atomic E-state index is -0.750. The van der Waals surface area contributed by atoms with Crippen molar-refractivity contribution >= 4 is 12.0 Å². The molecule has 2 amide bonds. The van der Waals surface area contributed by atoms with Gasteiger partial charge in [-0.1, -0.05) is 30.3 Å². The molecule has 3 atom stereocenters. The quantitative estimate of drug-likeness (QED) is 0.414. The Balaban J connectivity index is 2.03. The van der Waals surface area contributed by atoms with Crippen molar-refractivity contribution in [1.29, 1.82) is 5.26 Å². The zero-order valence-corrected chi connectivity index (χ0v) is 15.9. The molecule has 0 saturated carbocycles. The fourth-order valence-corrected chi connectivity index (χ4v) is 3.54. The van der Waals surface area contributed by atoms with Crippen LogP contribution in [0.25, 0.3) is 0 Å². The summed E-state index contributed by atoms with van der Waals surface area (Å²) in [4.78, 5) is 25.4. The number of ether oxygens (including phenoxy) is 1. The van der Waals surface area contributed by atoms with E-state index < -0.39 is 12.1 Å².